The molecule has 1 aliphatic carbocycles. The van der Waals surface area contributed by atoms with Gasteiger partial charge in [-0.1, -0.05) is 6.07 Å². The summed E-state index contributed by atoms with van der Waals surface area (Å²) >= 11 is 0. The van der Waals surface area contributed by atoms with Gasteiger partial charge in [-0.25, -0.2) is 4.39 Å². The third-order valence-electron chi connectivity index (χ3n) is 3.49. The standard InChI is InChI=1S/C16H22FNO3/c1-3-20-15(19)16(2,18-13-7-8-13)9-10-21-14-6-4-5-12(17)11-14/h4-6,11,13,18H,3,7-10H2,1-2H3. The Balaban J connectivity index is 1.90. The van der Waals surface area contributed by atoms with Crippen LogP contribution < -0.4 is 10.1 Å². The first kappa shape index (κ1) is 15.8. The average molecular weight is 295 g/mol. The third kappa shape index (κ3) is 4.70. The number of ether oxygens (including phenoxy) is 2. The summed E-state index contributed by atoms with van der Waals surface area (Å²) in [7, 11) is 0. The number of rotatable bonds is 8. The number of hydrogen-bond donors (Lipinski definition) is 1. The summed E-state index contributed by atoms with van der Waals surface area (Å²) in [6.07, 6.45) is 2.64. The number of esters is 1. The number of nitrogens with one attached hydrogen (secondary N) is 1. The van der Waals surface area contributed by atoms with Crippen LogP contribution >= 0.6 is 0 Å². The molecule has 116 valence electrons. The minimum atomic E-state index is -0.759. The lowest BCUT2D eigenvalue weighted by Crippen LogP contribution is -2.52. The van der Waals surface area contributed by atoms with Crippen molar-refractivity contribution in [2.24, 2.45) is 0 Å². The van der Waals surface area contributed by atoms with Gasteiger partial charge >= 0.3 is 5.97 Å². The molecule has 1 atom stereocenters. The molecule has 1 saturated carbocycles. The van der Waals surface area contributed by atoms with Crippen LogP contribution in [-0.4, -0.2) is 30.8 Å². The van der Waals surface area contributed by atoms with Gasteiger partial charge in [0.25, 0.3) is 0 Å². The molecule has 1 unspecified atom stereocenters. The van der Waals surface area contributed by atoms with Gasteiger partial charge in [0.15, 0.2) is 0 Å². The van der Waals surface area contributed by atoms with Gasteiger partial charge in [0.05, 0.1) is 13.2 Å². The molecule has 1 aromatic rings. The molecule has 0 heterocycles. The summed E-state index contributed by atoms with van der Waals surface area (Å²) in [5.41, 5.74) is -0.759. The second-order valence-electron chi connectivity index (χ2n) is 5.53. The molecular weight excluding hydrogens is 273 g/mol. The third-order valence-corrected chi connectivity index (χ3v) is 3.49. The van der Waals surface area contributed by atoms with E-state index < -0.39 is 5.54 Å². The number of carbonyl (C=O) groups excluding carboxylic acids is 1. The molecular formula is C16H22FNO3. The van der Waals surface area contributed by atoms with Crippen molar-refractivity contribution in [1.29, 1.82) is 0 Å². The lowest BCUT2D eigenvalue weighted by molar-refractivity contribution is -0.151. The summed E-state index contributed by atoms with van der Waals surface area (Å²) in [5.74, 6) is -0.135. The quantitative estimate of drug-likeness (QED) is 0.749. The zero-order valence-corrected chi connectivity index (χ0v) is 12.5. The van der Waals surface area contributed by atoms with Gasteiger partial charge in [0, 0.05) is 18.5 Å². The topological polar surface area (TPSA) is 47.6 Å². The Morgan fingerprint density at radius 3 is 2.86 bits per heavy atom. The monoisotopic (exact) mass is 295 g/mol. The zero-order chi connectivity index (χ0) is 15.3. The van der Waals surface area contributed by atoms with Crippen LogP contribution in [-0.2, 0) is 9.53 Å². The van der Waals surface area contributed by atoms with Gasteiger partial charge < -0.3 is 9.47 Å². The Hall–Kier alpha value is -1.62. The highest BCUT2D eigenvalue weighted by atomic mass is 19.1. The zero-order valence-electron chi connectivity index (χ0n) is 12.5. The first-order chi connectivity index (χ1) is 10.0. The van der Waals surface area contributed by atoms with Crippen molar-refractivity contribution >= 4 is 5.97 Å². The van der Waals surface area contributed by atoms with Gasteiger partial charge in [0.2, 0.25) is 0 Å². The maximum absolute atomic E-state index is 13.1. The van der Waals surface area contributed by atoms with Gasteiger partial charge in [-0.05, 0) is 38.8 Å². The molecule has 0 radical (unpaired) electrons. The van der Waals surface area contributed by atoms with Crippen LogP contribution in [0.4, 0.5) is 4.39 Å². The molecule has 21 heavy (non-hydrogen) atoms. The van der Waals surface area contributed by atoms with Crippen LogP contribution in [0.25, 0.3) is 0 Å². The molecule has 0 aromatic heterocycles. The molecule has 4 nitrogen and oxygen atoms in total. The maximum Gasteiger partial charge on any atom is 0.326 e. The smallest absolute Gasteiger partial charge is 0.326 e. The molecule has 5 heteroatoms. The number of hydrogen-bond acceptors (Lipinski definition) is 4. The number of benzene rings is 1. The first-order valence-electron chi connectivity index (χ1n) is 7.37. The molecule has 1 N–H and O–H groups in total. The summed E-state index contributed by atoms with van der Waals surface area (Å²) < 4.78 is 23.7. The Bertz CT molecular complexity index is 490. The molecule has 0 bridgehead atoms. The van der Waals surface area contributed by atoms with E-state index in [1.54, 1.807) is 19.1 Å². The summed E-state index contributed by atoms with van der Waals surface area (Å²) in [6.45, 7) is 4.29. The highest BCUT2D eigenvalue weighted by Crippen LogP contribution is 2.25. The van der Waals surface area contributed by atoms with Crippen molar-refractivity contribution < 1.29 is 18.7 Å². The van der Waals surface area contributed by atoms with E-state index in [0.29, 0.717) is 31.4 Å². The predicted molar refractivity (Wildman–Crippen MR) is 77.7 cm³/mol. The summed E-state index contributed by atoms with van der Waals surface area (Å²) in [6, 6.07) is 6.37. The fourth-order valence-corrected chi connectivity index (χ4v) is 2.13. The maximum atomic E-state index is 13.1. The number of halogens is 1. The van der Waals surface area contributed by atoms with Gasteiger partial charge in [-0.15, -0.1) is 0 Å². The lowest BCUT2D eigenvalue weighted by atomic mass is 9.98. The van der Waals surface area contributed by atoms with Crippen LogP contribution in [0.3, 0.4) is 0 Å². The van der Waals surface area contributed by atoms with Crippen LogP contribution in [0.5, 0.6) is 5.75 Å². The van der Waals surface area contributed by atoms with Crippen LogP contribution in [0.15, 0.2) is 24.3 Å². The number of carbonyl (C=O) groups is 1. The summed E-state index contributed by atoms with van der Waals surface area (Å²) in [4.78, 5) is 12.1. The van der Waals surface area contributed by atoms with E-state index in [0.717, 1.165) is 12.8 Å². The second kappa shape index (κ2) is 6.89. The van der Waals surface area contributed by atoms with Crippen molar-refractivity contribution in [3.05, 3.63) is 30.1 Å². The lowest BCUT2D eigenvalue weighted by Gasteiger charge is -2.28. The fraction of sp³-hybridized carbons (Fsp3) is 0.562. The Morgan fingerprint density at radius 2 is 2.24 bits per heavy atom. The van der Waals surface area contributed by atoms with Crippen molar-refractivity contribution in [2.75, 3.05) is 13.2 Å². The Labute approximate surface area is 124 Å². The van der Waals surface area contributed by atoms with Crippen molar-refractivity contribution in [2.45, 2.75) is 44.7 Å². The Kier molecular flexibility index (Phi) is 5.17. The van der Waals surface area contributed by atoms with Crippen LogP contribution in [0, 0.1) is 5.82 Å². The molecule has 1 aliphatic rings. The highest BCUT2D eigenvalue weighted by Gasteiger charge is 2.39. The van der Waals surface area contributed by atoms with Crippen LogP contribution in [0.1, 0.15) is 33.1 Å². The van der Waals surface area contributed by atoms with Gasteiger partial charge in [0.1, 0.15) is 17.1 Å². The van der Waals surface area contributed by atoms with Crippen molar-refractivity contribution in [1.82, 2.24) is 5.32 Å². The average Bonchev–Trinajstić information content (AvgIpc) is 3.23. The fourth-order valence-electron chi connectivity index (χ4n) is 2.13. The molecule has 2 rings (SSSR count). The summed E-state index contributed by atoms with van der Waals surface area (Å²) in [5, 5.41) is 3.32. The van der Waals surface area contributed by atoms with E-state index >= 15 is 0 Å². The van der Waals surface area contributed by atoms with Gasteiger partial charge in [-0.2, -0.15) is 0 Å². The van der Waals surface area contributed by atoms with Crippen molar-refractivity contribution in [3.8, 4) is 5.75 Å². The molecule has 0 spiro atoms. The van der Waals surface area contributed by atoms with Gasteiger partial charge in [-0.3, -0.25) is 10.1 Å². The Morgan fingerprint density at radius 1 is 1.48 bits per heavy atom. The molecule has 0 saturated heterocycles. The minimum absolute atomic E-state index is 0.264. The van der Waals surface area contributed by atoms with E-state index in [4.69, 9.17) is 9.47 Å². The van der Waals surface area contributed by atoms with Crippen molar-refractivity contribution in [3.63, 3.8) is 0 Å². The normalized spacial score (nSPS) is 17.1. The van der Waals surface area contributed by atoms with Crippen LogP contribution in [0.2, 0.25) is 0 Å². The van der Waals surface area contributed by atoms with E-state index in [2.05, 4.69) is 5.32 Å². The van der Waals surface area contributed by atoms with E-state index in [-0.39, 0.29) is 11.8 Å². The molecule has 1 aromatic carbocycles. The van der Waals surface area contributed by atoms with E-state index in [9.17, 15) is 9.18 Å². The second-order valence-corrected chi connectivity index (χ2v) is 5.53. The molecule has 0 amide bonds. The SMILES string of the molecule is CCOC(=O)C(C)(CCOc1cccc(F)c1)NC1CC1. The largest absolute Gasteiger partial charge is 0.493 e. The molecule has 0 aliphatic heterocycles. The molecule has 1 fully saturated rings. The van der Waals surface area contributed by atoms with E-state index in [1.165, 1.54) is 12.1 Å². The predicted octanol–water partition coefficient (Wildman–Crippen LogP) is 2.67. The highest BCUT2D eigenvalue weighted by molar-refractivity contribution is 5.80. The first-order valence-corrected chi connectivity index (χ1v) is 7.37. The minimum Gasteiger partial charge on any atom is -0.493 e. The van der Waals surface area contributed by atoms with E-state index in [1.807, 2.05) is 6.92 Å².